The highest BCUT2D eigenvalue weighted by Crippen LogP contribution is 2.65. The van der Waals surface area contributed by atoms with Crippen LogP contribution in [0, 0.1) is 22.7 Å². The Morgan fingerprint density at radius 2 is 1.42 bits per heavy atom. The third kappa shape index (κ3) is 1.99. The van der Waals surface area contributed by atoms with Gasteiger partial charge in [0.2, 0.25) is 0 Å². The van der Waals surface area contributed by atoms with Crippen LogP contribution in [0.25, 0.3) is 0 Å². The summed E-state index contributed by atoms with van der Waals surface area (Å²) in [6.45, 7) is 7.14. The van der Waals surface area contributed by atoms with Crippen LogP contribution in [0.4, 0.5) is 0 Å². The first kappa shape index (κ1) is 13.9. The lowest BCUT2D eigenvalue weighted by molar-refractivity contribution is -0.218. The van der Waals surface area contributed by atoms with Gasteiger partial charge in [-0.2, -0.15) is 0 Å². The second-order valence-electron chi connectivity index (χ2n) is 8.78. The van der Waals surface area contributed by atoms with Gasteiger partial charge in [0, 0.05) is 5.41 Å². The Balaban J connectivity index is 1.97. The first-order valence-electron chi connectivity index (χ1n) is 8.60. The molecule has 1 nitrogen and oxygen atoms in total. The minimum absolute atomic E-state index is 0.191. The summed E-state index contributed by atoms with van der Waals surface area (Å²) in [7, 11) is 0. The van der Waals surface area contributed by atoms with E-state index >= 15 is 0 Å². The third-order valence-corrected chi connectivity index (χ3v) is 7.05. The molecular formula is C18H32O. The maximum absolute atomic E-state index is 11.5. The molecule has 3 aliphatic carbocycles. The van der Waals surface area contributed by atoms with E-state index in [-0.39, 0.29) is 16.4 Å². The summed E-state index contributed by atoms with van der Waals surface area (Å²) in [5.74, 6) is 1.73. The molecule has 0 amide bonds. The van der Waals surface area contributed by atoms with Crippen molar-refractivity contribution in [2.75, 3.05) is 0 Å². The molecule has 0 aliphatic heterocycles. The van der Waals surface area contributed by atoms with E-state index in [0.29, 0.717) is 0 Å². The van der Waals surface area contributed by atoms with Crippen molar-refractivity contribution >= 4 is 0 Å². The molecule has 1 N–H and O–H groups in total. The minimum Gasteiger partial charge on any atom is -0.389 e. The number of fused-ring (bicyclic) bond motifs is 2. The van der Waals surface area contributed by atoms with Crippen LogP contribution in [-0.4, -0.2) is 10.7 Å². The second kappa shape index (κ2) is 4.48. The molecule has 110 valence electrons. The van der Waals surface area contributed by atoms with E-state index in [4.69, 9.17) is 0 Å². The molecule has 3 rings (SSSR count). The van der Waals surface area contributed by atoms with Gasteiger partial charge in [-0.3, -0.25) is 0 Å². The molecule has 4 unspecified atom stereocenters. The predicted molar refractivity (Wildman–Crippen MR) is 80.0 cm³/mol. The standard InChI is InChI=1S/C18H32O/c1-16(2,3)17-10-6-7-11-18(17,19)13-15-9-5-4-8-14(15)12-17/h14-15,19H,4-13H2,1-3H3. The zero-order valence-corrected chi connectivity index (χ0v) is 13.2. The zero-order chi connectivity index (χ0) is 13.7. The summed E-state index contributed by atoms with van der Waals surface area (Å²) in [5.41, 5.74) is 0.0728. The smallest absolute Gasteiger partial charge is 0.0711 e. The highest BCUT2D eigenvalue weighted by Gasteiger charge is 2.61. The predicted octanol–water partition coefficient (Wildman–Crippen LogP) is 4.92. The molecule has 1 heteroatoms. The molecule has 0 radical (unpaired) electrons. The van der Waals surface area contributed by atoms with Crippen molar-refractivity contribution in [3.63, 3.8) is 0 Å². The molecule has 3 fully saturated rings. The van der Waals surface area contributed by atoms with Crippen molar-refractivity contribution < 1.29 is 5.11 Å². The van der Waals surface area contributed by atoms with E-state index in [9.17, 15) is 5.11 Å². The first-order chi connectivity index (χ1) is 8.88. The molecule has 3 aliphatic rings. The molecular weight excluding hydrogens is 232 g/mol. The van der Waals surface area contributed by atoms with Gasteiger partial charge in [0.15, 0.2) is 0 Å². The Morgan fingerprint density at radius 3 is 2.05 bits per heavy atom. The molecule has 0 saturated heterocycles. The molecule has 0 aromatic heterocycles. The van der Waals surface area contributed by atoms with Crippen molar-refractivity contribution in [1.82, 2.24) is 0 Å². The Labute approximate surface area is 119 Å². The highest BCUT2D eigenvalue weighted by molar-refractivity contribution is 5.12. The topological polar surface area (TPSA) is 20.2 Å². The van der Waals surface area contributed by atoms with Crippen LogP contribution in [0.5, 0.6) is 0 Å². The SMILES string of the molecule is CC(C)(C)C12CCCCC1(O)CC1CCCCC1C2. The van der Waals surface area contributed by atoms with E-state index in [1.54, 1.807) is 0 Å². The maximum Gasteiger partial charge on any atom is 0.0711 e. The Morgan fingerprint density at radius 1 is 0.842 bits per heavy atom. The average Bonchev–Trinajstić information content (AvgIpc) is 2.34. The van der Waals surface area contributed by atoms with Crippen molar-refractivity contribution in [3.8, 4) is 0 Å². The van der Waals surface area contributed by atoms with Gasteiger partial charge in [-0.05, 0) is 42.9 Å². The van der Waals surface area contributed by atoms with Gasteiger partial charge in [-0.1, -0.05) is 59.3 Å². The van der Waals surface area contributed by atoms with Gasteiger partial charge >= 0.3 is 0 Å². The van der Waals surface area contributed by atoms with Crippen LogP contribution < -0.4 is 0 Å². The third-order valence-electron chi connectivity index (χ3n) is 7.05. The number of hydrogen-bond donors (Lipinski definition) is 1. The number of aliphatic hydroxyl groups is 1. The maximum atomic E-state index is 11.5. The van der Waals surface area contributed by atoms with E-state index in [1.165, 1.54) is 51.4 Å². The summed E-state index contributed by atoms with van der Waals surface area (Å²) < 4.78 is 0. The van der Waals surface area contributed by atoms with Crippen LogP contribution in [0.2, 0.25) is 0 Å². The van der Waals surface area contributed by atoms with Crippen LogP contribution in [-0.2, 0) is 0 Å². The fraction of sp³-hybridized carbons (Fsp3) is 1.00. The van der Waals surface area contributed by atoms with E-state index in [1.807, 2.05) is 0 Å². The summed E-state index contributed by atoms with van der Waals surface area (Å²) >= 11 is 0. The lowest BCUT2D eigenvalue weighted by Gasteiger charge is -2.64. The molecule has 0 heterocycles. The van der Waals surface area contributed by atoms with Gasteiger partial charge in [0.1, 0.15) is 0 Å². The molecule has 19 heavy (non-hydrogen) atoms. The largest absolute Gasteiger partial charge is 0.389 e. The first-order valence-corrected chi connectivity index (χ1v) is 8.60. The fourth-order valence-electron chi connectivity index (χ4n) is 5.99. The van der Waals surface area contributed by atoms with Gasteiger partial charge < -0.3 is 5.11 Å². The molecule has 0 spiro atoms. The second-order valence-corrected chi connectivity index (χ2v) is 8.78. The lowest BCUT2D eigenvalue weighted by Crippen LogP contribution is -2.62. The summed E-state index contributed by atoms with van der Waals surface area (Å²) in [6, 6.07) is 0. The minimum atomic E-state index is -0.359. The molecule has 3 saturated carbocycles. The van der Waals surface area contributed by atoms with Crippen molar-refractivity contribution in [3.05, 3.63) is 0 Å². The van der Waals surface area contributed by atoms with Crippen LogP contribution in [0.15, 0.2) is 0 Å². The Bertz CT molecular complexity index is 342. The Hall–Kier alpha value is -0.0400. The van der Waals surface area contributed by atoms with Gasteiger partial charge in [-0.25, -0.2) is 0 Å². The number of hydrogen-bond acceptors (Lipinski definition) is 1. The average molecular weight is 264 g/mol. The summed E-state index contributed by atoms with van der Waals surface area (Å²) in [4.78, 5) is 0. The van der Waals surface area contributed by atoms with Crippen molar-refractivity contribution in [2.24, 2.45) is 22.7 Å². The molecule has 4 atom stereocenters. The van der Waals surface area contributed by atoms with Gasteiger partial charge in [0.05, 0.1) is 5.60 Å². The van der Waals surface area contributed by atoms with E-state index < -0.39 is 0 Å². The highest BCUT2D eigenvalue weighted by atomic mass is 16.3. The lowest BCUT2D eigenvalue weighted by atomic mass is 9.43. The monoisotopic (exact) mass is 264 g/mol. The summed E-state index contributed by atoms with van der Waals surface area (Å²) in [6.07, 6.45) is 12.9. The fourth-order valence-corrected chi connectivity index (χ4v) is 5.99. The normalized spacial score (nSPS) is 47.4. The van der Waals surface area contributed by atoms with Crippen LogP contribution in [0.1, 0.15) is 85.0 Å². The van der Waals surface area contributed by atoms with Gasteiger partial charge in [0.25, 0.3) is 0 Å². The quantitative estimate of drug-likeness (QED) is 0.658. The zero-order valence-electron chi connectivity index (χ0n) is 13.2. The van der Waals surface area contributed by atoms with E-state index in [0.717, 1.165) is 24.7 Å². The summed E-state index contributed by atoms with van der Waals surface area (Å²) in [5, 5.41) is 11.5. The molecule has 0 aromatic rings. The number of rotatable bonds is 0. The van der Waals surface area contributed by atoms with Crippen molar-refractivity contribution in [2.45, 2.75) is 90.6 Å². The van der Waals surface area contributed by atoms with Crippen LogP contribution >= 0.6 is 0 Å². The molecule has 0 bridgehead atoms. The Kier molecular flexibility index (Phi) is 3.28. The van der Waals surface area contributed by atoms with E-state index in [2.05, 4.69) is 20.8 Å². The molecule has 0 aromatic carbocycles. The van der Waals surface area contributed by atoms with Gasteiger partial charge in [-0.15, -0.1) is 0 Å². The van der Waals surface area contributed by atoms with Crippen LogP contribution in [0.3, 0.4) is 0 Å². The van der Waals surface area contributed by atoms with Crippen molar-refractivity contribution in [1.29, 1.82) is 0 Å².